The van der Waals surface area contributed by atoms with E-state index < -0.39 is 15.6 Å². The Labute approximate surface area is 125 Å². The molecule has 1 heterocycles. The Kier molecular flexibility index (Phi) is 3.75. The third kappa shape index (κ3) is 2.51. The Balaban J connectivity index is 2.60. The number of nitrogens with two attached hydrogens (primary N) is 1. The van der Waals surface area contributed by atoms with Crippen LogP contribution in [0.15, 0.2) is 17.0 Å². The first kappa shape index (κ1) is 15.8. The highest BCUT2D eigenvalue weighted by molar-refractivity contribution is 7.89. The van der Waals surface area contributed by atoms with E-state index in [4.69, 9.17) is 5.73 Å². The molecule has 0 bridgehead atoms. The molecule has 0 aromatic heterocycles. The van der Waals surface area contributed by atoms with E-state index in [1.165, 1.54) is 4.31 Å². The molecule has 0 unspecified atom stereocenters. The van der Waals surface area contributed by atoms with Crippen LogP contribution in [0.4, 0.5) is 5.69 Å². The van der Waals surface area contributed by atoms with Crippen LogP contribution in [-0.4, -0.2) is 37.3 Å². The molecule has 1 fully saturated rings. The van der Waals surface area contributed by atoms with Gasteiger partial charge in [0.25, 0.3) is 0 Å². The number of amides is 1. The van der Waals surface area contributed by atoms with Gasteiger partial charge in [0, 0.05) is 18.8 Å². The van der Waals surface area contributed by atoms with Crippen molar-refractivity contribution < 1.29 is 13.2 Å². The number of piperazine rings is 1. The zero-order valence-corrected chi connectivity index (χ0v) is 13.5. The van der Waals surface area contributed by atoms with Crippen LogP contribution in [0.5, 0.6) is 0 Å². The summed E-state index contributed by atoms with van der Waals surface area (Å²) in [6, 6.07) is 3.27. The van der Waals surface area contributed by atoms with Gasteiger partial charge in [0.15, 0.2) is 0 Å². The molecule has 0 atom stereocenters. The highest BCUT2D eigenvalue weighted by Crippen LogP contribution is 2.31. The predicted octanol–water partition coefficient (Wildman–Crippen LogP) is 0.785. The van der Waals surface area contributed by atoms with E-state index in [2.05, 4.69) is 5.32 Å². The van der Waals surface area contributed by atoms with Gasteiger partial charge in [-0.1, -0.05) is 0 Å². The number of rotatable bonds is 2. The number of hydrogen-bond donors (Lipinski definition) is 2. The number of nitrogens with zero attached hydrogens (tertiary/aromatic N) is 1. The zero-order valence-electron chi connectivity index (χ0n) is 12.7. The molecule has 1 aliphatic heterocycles. The molecule has 21 heavy (non-hydrogen) atoms. The third-order valence-corrected chi connectivity index (χ3v) is 6.19. The number of sulfonamides is 1. The molecule has 0 spiro atoms. The van der Waals surface area contributed by atoms with Gasteiger partial charge < -0.3 is 11.1 Å². The van der Waals surface area contributed by atoms with Crippen LogP contribution in [-0.2, 0) is 14.8 Å². The minimum absolute atomic E-state index is 0.236. The average Bonchev–Trinajstić information content (AvgIpc) is 2.30. The summed E-state index contributed by atoms with van der Waals surface area (Å²) in [5, 5.41) is 2.70. The Morgan fingerprint density at radius 2 is 1.76 bits per heavy atom. The van der Waals surface area contributed by atoms with Gasteiger partial charge in [-0.2, -0.15) is 4.31 Å². The largest absolute Gasteiger partial charge is 0.399 e. The van der Waals surface area contributed by atoms with E-state index in [0.29, 0.717) is 23.4 Å². The maximum atomic E-state index is 13.0. The van der Waals surface area contributed by atoms with Gasteiger partial charge in [0.2, 0.25) is 15.9 Å². The second-order valence-corrected chi connectivity index (χ2v) is 7.68. The minimum Gasteiger partial charge on any atom is -0.399 e. The van der Waals surface area contributed by atoms with E-state index in [9.17, 15) is 13.2 Å². The van der Waals surface area contributed by atoms with Crippen molar-refractivity contribution in [3.8, 4) is 0 Å². The summed E-state index contributed by atoms with van der Waals surface area (Å²) in [5.41, 5.74) is 6.35. The summed E-state index contributed by atoms with van der Waals surface area (Å²) >= 11 is 0. The van der Waals surface area contributed by atoms with Crippen LogP contribution < -0.4 is 11.1 Å². The fourth-order valence-corrected chi connectivity index (χ4v) is 4.97. The van der Waals surface area contributed by atoms with Crippen molar-refractivity contribution in [3.63, 3.8) is 0 Å². The molecule has 7 heteroatoms. The quantitative estimate of drug-likeness (QED) is 0.790. The molecule has 1 aromatic carbocycles. The van der Waals surface area contributed by atoms with Crippen molar-refractivity contribution in [2.24, 2.45) is 0 Å². The molecule has 3 N–H and O–H groups in total. The van der Waals surface area contributed by atoms with Gasteiger partial charge in [-0.25, -0.2) is 8.42 Å². The lowest BCUT2D eigenvalue weighted by molar-refractivity contribution is -0.131. The molecule has 0 saturated carbocycles. The Morgan fingerprint density at radius 1 is 1.24 bits per heavy atom. The Morgan fingerprint density at radius 3 is 2.29 bits per heavy atom. The number of nitrogens with one attached hydrogen (secondary N) is 1. The lowest BCUT2D eigenvalue weighted by Gasteiger charge is -2.40. The highest BCUT2D eigenvalue weighted by atomic mass is 32.2. The third-order valence-electron chi connectivity index (χ3n) is 3.81. The maximum Gasteiger partial charge on any atom is 0.244 e. The van der Waals surface area contributed by atoms with Crippen molar-refractivity contribution in [3.05, 3.63) is 23.3 Å². The van der Waals surface area contributed by atoms with Crippen LogP contribution in [0.3, 0.4) is 0 Å². The van der Waals surface area contributed by atoms with Crippen molar-refractivity contribution in [1.82, 2.24) is 9.62 Å². The molecular formula is C14H21N3O3S. The van der Waals surface area contributed by atoms with Crippen LogP contribution >= 0.6 is 0 Å². The number of carbonyl (C=O) groups excluding carboxylic acids is 1. The fraction of sp³-hybridized carbons (Fsp3) is 0.500. The minimum atomic E-state index is -3.76. The summed E-state index contributed by atoms with van der Waals surface area (Å²) in [5.74, 6) is -0.289. The highest BCUT2D eigenvalue weighted by Gasteiger charge is 2.45. The van der Waals surface area contributed by atoms with E-state index in [0.717, 1.165) is 0 Å². The van der Waals surface area contributed by atoms with Crippen LogP contribution in [0.2, 0.25) is 0 Å². The number of nitrogen functional groups attached to an aromatic ring is 1. The van der Waals surface area contributed by atoms with Gasteiger partial charge in [0.05, 0.1) is 4.90 Å². The van der Waals surface area contributed by atoms with E-state index >= 15 is 0 Å². The van der Waals surface area contributed by atoms with Gasteiger partial charge in [-0.15, -0.1) is 0 Å². The van der Waals surface area contributed by atoms with Crippen molar-refractivity contribution >= 4 is 21.6 Å². The zero-order chi connectivity index (χ0) is 16.0. The van der Waals surface area contributed by atoms with Crippen LogP contribution in [0.1, 0.15) is 25.0 Å². The Bertz CT molecular complexity index is 672. The monoisotopic (exact) mass is 311 g/mol. The number of aryl methyl sites for hydroxylation is 2. The average molecular weight is 311 g/mol. The molecule has 0 aliphatic carbocycles. The van der Waals surface area contributed by atoms with Gasteiger partial charge in [-0.05, 0) is 51.0 Å². The summed E-state index contributed by atoms with van der Waals surface area (Å²) < 4.78 is 27.3. The predicted molar refractivity (Wildman–Crippen MR) is 81.3 cm³/mol. The first-order chi connectivity index (χ1) is 9.58. The van der Waals surface area contributed by atoms with Gasteiger partial charge in [-0.3, -0.25) is 4.79 Å². The fourth-order valence-electron chi connectivity index (χ4n) is 2.80. The lowest BCUT2D eigenvalue weighted by Crippen LogP contribution is -2.63. The van der Waals surface area contributed by atoms with Gasteiger partial charge >= 0.3 is 0 Å². The van der Waals surface area contributed by atoms with Crippen LogP contribution in [0.25, 0.3) is 0 Å². The molecule has 1 aromatic rings. The summed E-state index contributed by atoms with van der Waals surface area (Å²) in [7, 11) is -3.76. The first-order valence-corrected chi connectivity index (χ1v) is 8.20. The molecular weight excluding hydrogens is 290 g/mol. The number of benzene rings is 1. The normalized spacial score (nSPS) is 19.3. The molecule has 6 nitrogen and oxygen atoms in total. The van der Waals surface area contributed by atoms with Crippen molar-refractivity contribution in [2.75, 3.05) is 18.8 Å². The lowest BCUT2D eigenvalue weighted by atomic mass is 10.0. The summed E-state index contributed by atoms with van der Waals surface area (Å²) in [6.45, 7) is 7.22. The Hall–Kier alpha value is -1.60. The smallest absolute Gasteiger partial charge is 0.244 e. The SMILES string of the molecule is Cc1cc(N)cc(C)c1S(=O)(=O)N1CCNC(=O)C1(C)C. The van der Waals surface area contributed by atoms with Crippen molar-refractivity contribution in [2.45, 2.75) is 38.1 Å². The number of carbonyl (C=O) groups is 1. The molecule has 1 amide bonds. The standard InChI is InChI=1S/C14H21N3O3S/c1-9-7-11(15)8-10(2)12(9)21(19,20)17-6-5-16-13(18)14(17,3)4/h7-8H,5-6,15H2,1-4H3,(H,16,18). The van der Waals surface area contributed by atoms with Gasteiger partial charge in [0.1, 0.15) is 5.54 Å². The second kappa shape index (κ2) is 4.99. The van der Waals surface area contributed by atoms with E-state index in [-0.39, 0.29) is 17.3 Å². The topological polar surface area (TPSA) is 92.5 Å². The summed E-state index contributed by atoms with van der Waals surface area (Å²) in [6.07, 6.45) is 0. The molecule has 2 rings (SSSR count). The van der Waals surface area contributed by atoms with E-state index in [1.54, 1.807) is 39.8 Å². The van der Waals surface area contributed by atoms with Crippen molar-refractivity contribution in [1.29, 1.82) is 0 Å². The molecule has 1 aliphatic rings. The first-order valence-electron chi connectivity index (χ1n) is 6.76. The second-order valence-electron chi connectivity index (χ2n) is 5.88. The maximum absolute atomic E-state index is 13.0. The molecule has 1 saturated heterocycles. The molecule has 116 valence electrons. The number of hydrogen-bond acceptors (Lipinski definition) is 4. The van der Waals surface area contributed by atoms with Crippen LogP contribution in [0, 0.1) is 13.8 Å². The van der Waals surface area contributed by atoms with E-state index in [1.807, 2.05) is 0 Å². The molecule has 0 radical (unpaired) electrons. The number of anilines is 1. The summed E-state index contributed by atoms with van der Waals surface area (Å²) in [4.78, 5) is 12.2.